The first-order valence-electron chi connectivity index (χ1n) is 8.05. The highest BCUT2D eigenvalue weighted by Crippen LogP contribution is 2.35. The summed E-state index contributed by atoms with van der Waals surface area (Å²) in [5.41, 5.74) is 0.829. The second-order valence-corrected chi connectivity index (χ2v) is 6.56. The first kappa shape index (κ1) is 16.8. The van der Waals surface area contributed by atoms with Gasteiger partial charge in [-0.2, -0.15) is 0 Å². The Morgan fingerprint density at radius 2 is 2.05 bits per heavy atom. The van der Waals surface area contributed by atoms with Crippen molar-refractivity contribution >= 4 is 5.97 Å². The first-order valence-corrected chi connectivity index (χ1v) is 8.05. The van der Waals surface area contributed by atoms with Gasteiger partial charge in [-0.05, 0) is 45.6 Å². The van der Waals surface area contributed by atoms with E-state index in [-0.39, 0.29) is 12.0 Å². The number of hydrogen-bond donors (Lipinski definition) is 1. The molecule has 1 aromatic carbocycles. The van der Waals surface area contributed by atoms with Crippen LogP contribution in [0.5, 0.6) is 0 Å². The summed E-state index contributed by atoms with van der Waals surface area (Å²) >= 11 is 0. The lowest BCUT2D eigenvalue weighted by Gasteiger charge is -2.36. The fourth-order valence-electron chi connectivity index (χ4n) is 3.01. The summed E-state index contributed by atoms with van der Waals surface area (Å²) in [5, 5.41) is 11.2. The summed E-state index contributed by atoms with van der Waals surface area (Å²) < 4.78 is 5.36. The Morgan fingerprint density at radius 1 is 1.36 bits per heavy atom. The van der Waals surface area contributed by atoms with E-state index in [4.69, 9.17) is 4.74 Å². The van der Waals surface area contributed by atoms with Crippen molar-refractivity contribution < 1.29 is 14.6 Å². The van der Waals surface area contributed by atoms with Gasteiger partial charge in [0, 0.05) is 12.3 Å². The van der Waals surface area contributed by atoms with E-state index in [2.05, 4.69) is 13.0 Å². The molecule has 1 aliphatic carbocycles. The zero-order chi connectivity index (χ0) is 16.2. The Kier molecular flexibility index (Phi) is 5.41. The molecule has 0 amide bonds. The predicted molar refractivity (Wildman–Crippen MR) is 87.4 cm³/mol. The lowest BCUT2D eigenvalue weighted by molar-refractivity contribution is -0.176. The van der Waals surface area contributed by atoms with Gasteiger partial charge < -0.3 is 9.84 Å². The van der Waals surface area contributed by atoms with E-state index in [0.717, 1.165) is 24.8 Å². The molecule has 3 nitrogen and oxygen atoms in total. The van der Waals surface area contributed by atoms with Gasteiger partial charge in [0.2, 0.25) is 0 Å². The van der Waals surface area contributed by atoms with Crippen LogP contribution >= 0.6 is 0 Å². The predicted octanol–water partition coefficient (Wildman–Crippen LogP) is 3.66. The number of hydrogen-bond acceptors (Lipinski definition) is 3. The molecule has 0 heterocycles. The molecule has 0 aromatic heterocycles. The Labute approximate surface area is 133 Å². The number of allylic oxidation sites excluding steroid dienone is 2. The summed E-state index contributed by atoms with van der Waals surface area (Å²) in [6.45, 7) is 5.72. The Bertz CT molecular complexity index is 533. The van der Waals surface area contributed by atoms with Gasteiger partial charge in [0.15, 0.2) is 5.60 Å². The van der Waals surface area contributed by atoms with Crippen LogP contribution in [0.3, 0.4) is 0 Å². The Hall–Kier alpha value is -1.61. The minimum absolute atomic E-state index is 0.0948. The molecule has 0 saturated carbocycles. The first-order chi connectivity index (χ1) is 10.4. The third-order valence-electron chi connectivity index (χ3n) is 4.33. The van der Waals surface area contributed by atoms with E-state index < -0.39 is 11.6 Å². The van der Waals surface area contributed by atoms with E-state index in [9.17, 15) is 9.90 Å². The molecular weight excluding hydrogens is 276 g/mol. The molecule has 120 valence electrons. The van der Waals surface area contributed by atoms with Gasteiger partial charge in [0.1, 0.15) is 0 Å². The lowest BCUT2D eigenvalue weighted by Crippen LogP contribution is -2.50. The van der Waals surface area contributed by atoms with Crippen molar-refractivity contribution in [1.29, 1.82) is 0 Å². The van der Waals surface area contributed by atoms with Gasteiger partial charge in [-0.1, -0.05) is 42.0 Å². The summed E-state index contributed by atoms with van der Waals surface area (Å²) in [7, 11) is 0. The number of aliphatic hydroxyl groups is 1. The molecular formula is C19H26O3. The molecule has 0 spiro atoms. The van der Waals surface area contributed by atoms with Crippen molar-refractivity contribution in [2.45, 2.75) is 58.2 Å². The summed E-state index contributed by atoms with van der Waals surface area (Å²) in [4.78, 5) is 12.6. The minimum atomic E-state index is -1.46. The standard InChI is InChI=1S/C19H26O3/c1-14(2)22-18(20)19(21,13-16-7-5-4-6-8-16)17-11-9-15(3)10-12-17/h4-9,14,17,21H,10-13H2,1-3H3. The third kappa shape index (κ3) is 3.98. The van der Waals surface area contributed by atoms with E-state index >= 15 is 0 Å². The number of carbonyl (C=O) groups is 1. The Balaban J connectivity index is 2.25. The fourth-order valence-corrected chi connectivity index (χ4v) is 3.01. The van der Waals surface area contributed by atoms with Crippen molar-refractivity contribution in [3.63, 3.8) is 0 Å². The highest BCUT2D eigenvalue weighted by atomic mass is 16.6. The smallest absolute Gasteiger partial charge is 0.339 e. The van der Waals surface area contributed by atoms with Gasteiger partial charge in [0.05, 0.1) is 6.10 Å². The second kappa shape index (κ2) is 7.10. The van der Waals surface area contributed by atoms with Gasteiger partial charge in [0.25, 0.3) is 0 Å². The molecule has 1 aliphatic rings. The van der Waals surface area contributed by atoms with Crippen molar-refractivity contribution in [2.75, 3.05) is 0 Å². The maximum absolute atomic E-state index is 12.6. The zero-order valence-electron chi connectivity index (χ0n) is 13.7. The molecule has 2 rings (SSSR count). The molecule has 0 saturated heterocycles. The van der Waals surface area contributed by atoms with Gasteiger partial charge >= 0.3 is 5.97 Å². The number of esters is 1. The molecule has 0 bridgehead atoms. The molecule has 0 aliphatic heterocycles. The molecule has 2 atom stereocenters. The van der Waals surface area contributed by atoms with Gasteiger partial charge in [-0.25, -0.2) is 4.79 Å². The van der Waals surface area contributed by atoms with Crippen LogP contribution in [0.2, 0.25) is 0 Å². The van der Waals surface area contributed by atoms with Crippen LogP contribution < -0.4 is 0 Å². The zero-order valence-corrected chi connectivity index (χ0v) is 13.7. The van der Waals surface area contributed by atoms with Crippen LogP contribution in [0.1, 0.15) is 45.6 Å². The maximum Gasteiger partial charge on any atom is 0.339 e. The number of carbonyl (C=O) groups excluding carboxylic acids is 1. The molecule has 0 fully saturated rings. The largest absolute Gasteiger partial charge is 0.461 e. The highest BCUT2D eigenvalue weighted by molar-refractivity contribution is 5.80. The molecule has 22 heavy (non-hydrogen) atoms. The maximum atomic E-state index is 12.6. The normalized spacial score (nSPS) is 21.1. The summed E-state index contributed by atoms with van der Waals surface area (Å²) in [6.07, 6.45) is 4.68. The van der Waals surface area contributed by atoms with Crippen LogP contribution in [0.25, 0.3) is 0 Å². The second-order valence-electron chi connectivity index (χ2n) is 6.56. The van der Waals surface area contributed by atoms with E-state index in [1.807, 2.05) is 44.2 Å². The van der Waals surface area contributed by atoms with Crippen molar-refractivity contribution in [1.82, 2.24) is 0 Å². The SMILES string of the molecule is CC1=CCC(C(O)(Cc2ccccc2)C(=O)OC(C)C)CC1. The van der Waals surface area contributed by atoms with Crippen LogP contribution in [-0.4, -0.2) is 22.8 Å². The highest BCUT2D eigenvalue weighted by Gasteiger charge is 2.45. The van der Waals surface area contributed by atoms with E-state index in [0.29, 0.717) is 6.42 Å². The van der Waals surface area contributed by atoms with Crippen LogP contribution in [0, 0.1) is 5.92 Å². The fraction of sp³-hybridized carbons (Fsp3) is 0.526. The summed E-state index contributed by atoms with van der Waals surface area (Å²) in [5.74, 6) is -0.591. The van der Waals surface area contributed by atoms with Crippen molar-refractivity contribution in [2.24, 2.45) is 5.92 Å². The third-order valence-corrected chi connectivity index (χ3v) is 4.33. The topological polar surface area (TPSA) is 46.5 Å². The quantitative estimate of drug-likeness (QED) is 0.667. The lowest BCUT2D eigenvalue weighted by atomic mass is 9.74. The number of ether oxygens (including phenoxy) is 1. The molecule has 3 heteroatoms. The average molecular weight is 302 g/mol. The van der Waals surface area contributed by atoms with E-state index in [1.165, 1.54) is 5.57 Å². The minimum Gasteiger partial charge on any atom is -0.461 e. The van der Waals surface area contributed by atoms with E-state index in [1.54, 1.807) is 0 Å². The van der Waals surface area contributed by atoms with Gasteiger partial charge in [-0.3, -0.25) is 0 Å². The van der Waals surface area contributed by atoms with Crippen LogP contribution in [-0.2, 0) is 16.0 Å². The molecule has 0 radical (unpaired) electrons. The Morgan fingerprint density at radius 3 is 2.59 bits per heavy atom. The van der Waals surface area contributed by atoms with Crippen LogP contribution in [0.4, 0.5) is 0 Å². The number of benzene rings is 1. The molecule has 2 unspecified atom stereocenters. The molecule has 1 aromatic rings. The number of rotatable bonds is 5. The molecule has 1 N–H and O–H groups in total. The monoisotopic (exact) mass is 302 g/mol. The van der Waals surface area contributed by atoms with Gasteiger partial charge in [-0.15, -0.1) is 0 Å². The summed E-state index contributed by atoms with van der Waals surface area (Å²) in [6, 6.07) is 9.67. The average Bonchev–Trinajstić information content (AvgIpc) is 2.48. The van der Waals surface area contributed by atoms with Crippen LogP contribution in [0.15, 0.2) is 42.0 Å². The van der Waals surface area contributed by atoms with Crippen molar-refractivity contribution in [3.8, 4) is 0 Å². The van der Waals surface area contributed by atoms with Crippen molar-refractivity contribution in [3.05, 3.63) is 47.5 Å².